The molecule has 0 spiro atoms. The lowest BCUT2D eigenvalue weighted by molar-refractivity contribution is -0.384. The maximum atomic E-state index is 12.9. The second-order valence-corrected chi connectivity index (χ2v) is 4.60. The molecule has 0 atom stereocenters. The van der Waals surface area contributed by atoms with E-state index in [4.69, 9.17) is 0 Å². The minimum absolute atomic E-state index is 0.0815. The van der Waals surface area contributed by atoms with E-state index in [1.54, 1.807) is 18.3 Å². The van der Waals surface area contributed by atoms with Gasteiger partial charge in [0.15, 0.2) is 0 Å². The summed E-state index contributed by atoms with van der Waals surface area (Å²) in [6.45, 7) is 0.265. The van der Waals surface area contributed by atoms with Crippen LogP contribution in [0.1, 0.15) is 5.56 Å². The van der Waals surface area contributed by atoms with Gasteiger partial charge >= 0.3 is 5.69 Å². The van der Waals surface area contributed by atoms with Crippen LogP contribution in [0.5, 0.6) is 0 Å². The SMILES string of the molecule is O=[N+]([O-])c1c(NCc2ccc(F)cc2)ncnc1-n1ccnc1. The Hall–Kier alpha value is -3.36. The molecule has 116 valence electrons. The molecule has 8 nitrogen and oxygen atoms in total. The van der Waals surface area contributed by atoms with Crippen molar-refractivity contribution in [2.45, 2.75) is 6.54 Å². The number of hydrogen-bond donors (Lipinski definition) is 1. The summed E-state index contributed by atoms with van der Waals surface area (Å²) in [5, 5.41) is 14.3. The summed E-state index contributed by atoms with van der Waals surface area (Å²) in [5.74, 6) is -0.147. The van der Waals surface area contributed by atoms with Gasteiger partial charge in [-0.25, -0.2) is 19.3 Å². The Kier molecular flexibility index (Phi) is 3.91. The first-order valence-corrected chi connectivity index (χ1v) is 6.61. The zero-order valence-corrected chi connectivity index (χ0v) is 11.8. The van der Waals surface area contributed by atoms with E-state index >= 15 is 0 Å². The first-order valence-electron chi connectivity index (χ1n) is 6.61. The third-order valence-corrected chi connectivity index (χ3v) is 3.11. The first-order chi connectivity index (χ1) is 11.1. The zero-order chi connectivity index (χ0) is 16.2. The molecule has 2 heterocycles. The molecule has 3 rings (SSSR count). The number of aromatic nitrogens is 4. The molecule has 1 N–H and O–H groups in total. The quantitative estimate of drug-likeness (QED) is 0.573. The second-order valence-electron chi connectivity index (χ2n) is 4.60. The summed E-state index contributed by atoms with van der Waals surface area (Å²) in [6, 6.07) is 5.82. The Labute approximate surface area is 129 Å². The van der Waals surface area contributed by atoms with Crippen molar-refractivity contribution < 1.29 is 9.31 Å². The van der Waals surface area contributed by atoms with Crippen molar-refractivity contribution in [3.63, 3.8) is 0 Å². The number of benzene rings is 1. The van der Waals surface area contributed by atoms with Crippen LogP contribution in [-0.4, -0.2) is 24.4 Å². The third-order valence-electron chi connectivity index (χ3n) is 3.11. The van der Waals surface area contributed by atoms with Crippen molar-refractivity contribution in [2.75, 3.05) is 5.32 Å². The predicted octanol–water partition coefficient (Wildman–Crippen LogP) is 2.32. The standard InChI is InChI=1S/C14H11FN6O2/c15-11-3-1-10(2-4-11)7-17-13-12(21(22)23)14(19-8-18-13)20-6-5-16-9-20/h1-6,8-9H,7H2,(H,17,18,19). The van der Waals surface area contributed by atoms with Crippen LogP contribution in [0.25, 0.3) is 5.82 Å². The highest BCUT2D eigenvalue weighted by molar-refractivity contribution is 5.64. The summed E-state index contributed by atoms with van der Waals surface area (Å²) >= 11 is 0. The van der Waals surface area contributed by atoms with Crippen LogP contribution in [-0.2, 0) is 6.54 Å². The minimum atomic E-state index is -0.553. The van der Waals surface area contributed by atoms with Gasteiger partial charge in [-0.15, -0.1) is 0 Å². The molecule has 2 aromatic heterocycles. The van der Waals surface area contributed by atoms with Crippen molar-refractivity contribution in [3.8, 4) is 5.82 Å². The molecule has 0 amide bonds. The molecular formula is C14H11FN6O2. The van der Waals surface area contributed by atoms with Crippen molar-refractivity contribution in [3.05, 3.63) is 70.8 Å². The van der Waals surface area contributed by atoms with Gasteiger partial charge in [0.25, 0.3) is 0 Å². The monoisotopic (exact) mass is 314 g/mol. The summed E-state index contributed by atoms with van der Waals surface area (Å²) in [4.78, 5) is 22.6. The second kappa shape index (κ2) is 6.18. The molecule has 0 aliphatic carbocycles. The fraction of sp³-hybridized carbons (Fsp3) is 0.0714. The molecule has 23 heavy (non-hydrogen) atoms. The average molecular weight is 314 g/mol. The van der Waals surface area contributed by atoms with Crippen LogP contribution >= 0.6 is 0 Å². The smallest absolute Gasteiger partial charge is 0.354 e. The van der Waals surface area contributed by atoms with E-state index in [0.717, 1.165) is 5.56 Å². The average Bonchev–Trinajstić information content (AvgIpc) is 3.08. The normalized spacial score (nSPS) is 10.5. The van der Waals surface area contributed by atoms with Crippen molar-refractivity contribution >= 4 is 11.5 Å². The highest BCUT2D eigenvalue weighted by Gasteiger charge is 2.23. The fourth-order valence-corrected chi connectivity index (χ4v) is 2.03. The van der Waals surface area contributed by atoms with Gasteiger partial charge in [-0.1, -0.05) is 12.1 Å². The summed E-state index contributed by atoms with van der Waals surface area (Å²) in [6.07, 6.45) is 5.70. The number of imidazole rings is 1. The van der Waals surface area contributed by atoms with E-state index < -0.39 is 4.92 Å². The molecule has 9 heteroatoms. The van der Waals surface area contributed by atoms with Gasteiger partial charge in [0.2, 0.25) is 11.6 Å². The summed E-state index contributed by atoms with van der Waals surface area (Å²) in [5.41, 5.74) is 0.510. The Morgan fingerprint density at radius 2 is 2.04 bits per heavy atom. The number of hydrogen-bond acceptors (Lipinski definition) is 6. The van der Waals surface area contributed by atoms with Crippen LogP contribution in [0, 0.1) is 15.9 Å². The molecule has 0 fully saturated rings. The molecule has 0 bridgehead atoms. The lowest BCUT2D eigenvalue weighted by atomic mass is 10.2. The number of nitrogens with one attached hydrogen (secondary N) is 1. The van der Waals surface area contributed by atoms with E-state index in [1.807, 2.05) is 0 Å². The van der Waals surface area contributed by atoms with E-state index in [1.165, 1.54) is 35.6 Å². The number of rotatable bonds is 5. The van der Waals surface area contributed by atoms with Crippen LogP contribution in [0.3, 0.4) is 0 Å². The number of nitro groups is 1. The van der Waals surface area contributed by atoms with Crippen LogP contribution in [0.4, 0.5) is 15.9 Å². The highest BCUT2D eigenvalue weighted by atomic mass is 19.1. The van der Waals surface area contributed by atoms with Crippen LogP contribution < -0.4 is 5.32 Å². The Balaban J connectivity index is 1.91. The maximum absolute atomic E-state index is 12.9. The lowest BCUT2D eigenvalue weighted by Gasteiger charge is -2.09. The van der Waals surface area contributed by atoms with E-state index in [0.29, 0.717) is 0 Å². The molecule has 3 aromatic rings. The van der Waals surface area contributed by atoms with E-state index in [9.17, 15) is 14.5 Å². The topological polar surface area (TPSA) is 98.8 Å². The Morgan fingerprint density at radius 1 is 1.26 bits per heavy atom. The fourth-order valence-electron chi connectivity index (χ4n) is 2.03. The number of halogens is 1. The first kappa shape index (κ1) is 14.6. The van der Waals surface area contributed by atoms with Crippen LogP contribution in [0.2, 0.25) is 0 Å². The predicted molar refractivity (Wildman–Crippen MR) is 79.5 cm³/mol. The van der Waals surface area contributed by atoms with Gasteiger partial charge in [-0.2, -0.15) is 0 Å². The number of anilines is 1. The molecule has 0 unspecified atom stereocenters. The van der Waals surface area contributed by atoms with Gasteiger partial charge in [0.1, 0.15) is 18.5 Å². The molecule has 0 saturated carbocycles. The lowest BCUT2D eigenvalue weighted by Crippen LogP contribution is -2.09. The molecule has 0 aliphatic heterocycles. The third kappa shape index (κ3) is 3.12. The molecule has 0 aliphatic rings. The van der Waals surface area contributed by atoms with Gasteiger partial charge < -0.3 is 5.32 Å². The van der Waals surface area contributed by atoms with Gasteiger partial charge in [0.05, 0.1) is 4.92 Å². The van der Waals surface area contributed by atoms with Crippen LogP contribution in [0.15, 0.2) is 49.3 Å². The zero-order valence-electron chi connectivity index (χ0n) is 11.8. The molecular weight excluding hydrogens is 303 g/mol. The minimum Gasteiger partial charge on any atom is -0.360 e. The molecule has 0 radical (unpaired) electrons. The van der Waals surface area contributed by atoms with E-state index in [-0.39, 0.29) is 29.7 Å². The summed E-state index contributed by atoms with van der Waals surface area (Å²) in [7, 11) is 0. The summed E-state index contributed by atoms with van der Waals surface area (Å²) < 4.78 is 14.3. The largest absolute Gasteiger partial charge is 0.360 e. The van der Waals surface area contributed by atoms with Gasteiger partial charge in [0, 0.05) is 18.9 Å². The Bertz CT molecular complexity index is 820. The van der Waals surface area contributed by atoms with Gasteiger partial charge in [-0.3, -0.25) is 14.7 Å². The van der Waals surface area contributed by atoms with Crippen molar-refractivity contribution in [1.82, 2.24) is 19.5 Å². The van der Waals surface area contributed by atoms with Crippen molar-refractivity contribution in [1.29, 1.82) is 0 Å². The highest BCUT2D eigenvalue weighted by Crippen LogP contribution is 2.27. The van der Waals surface area contributed by atoms with E-state index in [2.05, 4.69) is 20.3 Å². The maximum Gasteiger partial charge on any atom is 0.354 e. The number of nitrogens with zero attached hydrogens (tertiary/aromatic N) is 5. The molecule has 1 aromatic carbocycles. The van der Waals surface area contributed by atoms with Crippen molar-refractivity contribution in [2.24, 2.45) is 0 Å². The molecule has 0 saturated heterocycles. The van der Waals surface area contributed by atoms with Gasteiger partial charge in [-0.05, 0) is 17.7 Å². The Morgan fingerprint density at radius 3 is 2.70 bits per heavy atom.